The van der Waals surface area contributed by atoms with E-state index in [0.717, 1.165) is 47.3 Å². The van der Waals surface area contributed by atoms with Crippen LogP contribution in [0.5, 0.6) is 0 Å². The van der Waals surface area contributed by atoms with E-state index in [9.17, 15) is 9.59 Å². The van der Waals surface area contributed by atoms with E-state index in [-0.39, 0.29) is 17.7 Å². The minimum Gasteiger partial charge on any atom is -0.382 e. The molecule has 5 rings (SSSR count). The van der Waals surface area contributed by atoms with Gasteiger partial charge < -0.3 is 16.4 Å². The van der Waals surface area contributed by atoms with Gasteiger partial charge in [-0.05, 0) is 54.7 Å². The minimum atomic E-state index is -0.0356. The summed E-state index contributed by atoms with van der Waals surface area (Å²) < 4.78 is 1.71. The number of nitrogen functional groups attached to an aromatic ring is 1. The van der Waals surface area contributed by atoms with Gasteiger partial charge in [0.1, 0.15) is 0 Å². The summed E-state index contributed by atoms with van der Waals surface area (Å²) in [6.45, 7) is 0.642. The van der Waals surface area contributed by atoms with Gasteiger partial charge in [0.15, 0.2) is 5.82 Å². The number of fused-ring (bicyclic) bond motifs is 1. The van der Waals surface area contributed by atoms with Gasteiger partial charge in [-0.2, -0.15) is 5.10 Å². The molecular formula is C22H21N5O2. The third kappa shape index (κ3) is 3.35. The molecule has 2 aromatic carbocycles. The van der Waals surface area contributed by atoms with Crippen LogP contribution in [-0.2, 0) is 11.2 Å². The molecule has 1 saturated carbocycles. The highest BCUT2D eigenvalue weighted by Gasteiger charge is 2.29. The minimum absolute atomic E-state index is 0.0356. The predicted octanol–water partition coefficient (Wildman–Crippen LogP) is 2.76. The SMILES string of the molecule is Nc1nn(-c2cccc(NC(=O)C3CC3)c2)cc1-c1ccc2c(c1)CCNC2=O. The van der Waals surface area contributed by atoms with Gasteiger partial charge in [0.25, 0.3) is 5.91 Å². The lowest BCUT2D eigenvalue weighted by molar-refractivity contribution is -0.117. The topological polar surface area (TPSA) is 102 Å². The fourth-order valence-corrected chi connectivity index (χ4v) is 3.65. The molecule has 0 bridgehead atoms. The zero-order valence-corrected chi connectivity index (χ0v) is 15.8. The first-order valence-corrected chi connectivity index (χ1v) is 9.76. The van der Waals surface area contributed by atoms with Crippen LogP contribution in [0.2, 0.25) is 0 Å². The molecule has 1 fully saturated rings. The van der Waals surface area contributed by atoms with Crippen molar-refractivity contribution in [2.75, 3.05) is 17.6 Å². The van der Waals surface area contributed by atoms with Crippen LogP contribution in [0.25, 0.3) is 16.8 Å². The highest BCUT2D eigenvalue weighted by molar-refractivity contribution is 5.97. The van der Waals surface area contributed by atoms with Gasteiger partial charge in [-0.15, -0.1) is 0 Å². The standard InChI is InChI=1S/C22H21N5O2/c23-20-19(14-6-7-18-15(10-14)8-9-24-22(18)29)12-27(26-20)17-3-1-2-16(11-17)25-21(28)13-4-5-13/h1-3,6-7,10-13H,4-5,8-9H2,(H2,23,26)(H,24,29)(H,25,28). The van der Waals surface area contributed by atoms with E-state index in [0.29, 0.717) is 17.9 Å². The van der Waals surface area contributed by atoms with Crippen molar-refractivity contribution in [3.63, 3.8) is 0 Å². The van der Waals surface area contributed by atoms with E-state index >= 15 is 0 Å². The monoisotopic (exact) mass is 387 g/mol. The molecule has 0 radical (unpaired) electrons. The number of rotatable bonds is 4. The molecular weight excluding hydrogens is 366 g/mol. The Morgan fingerprint density at radius 2 is 2.03 bits per heavy atom. The molecule has 4 N–H and O–H groups in total. The average Bonchev–Trinajstić information content (AvgIpc) is 3.50. The van der Waals surface area contributed by atoms with Crippen molar-refractivity contribution in [1.29, 1.82) is 0 Å². The van der Waals surface area contributed by atoms with Gasteiger partial charge in [0, 0.05) is 35.5 Å². The average molecular weight is 387 g/mol. The number of carbonyl (C=O) groups excluding carboxylic acids is 2. The molecule has 0 atom stereocenters. The number of nitrogens with zero attached hydrogens (tertiary/aromatic N) is 2. The Bertz CT molecular complexity index is 1130. The lowest BCUT2D eigenvalue weighted by Crippen LogP contribution is -2.31. The van der Waals surface area contributed by atoms with Crippen molar-refractivity contribution in [2.24, 2.45) is 5.92 Å². The molecule has 1 aromatic heterocycles. The third-order valence-electron chi connectivity index (χ3n) is 5.41. The van der Waals surface area contributed by atoms with Gasteiger partial charge >= 0.3 is 0 Å². The number of anilines is 2. The Labute approximate surface area is 167 Å². The van der Waals surface area contributed by atoms with E-state index < -0.39 is 0 Å². The summed E-state index contributed by atoms with van der Waals surface area (Å²) in [4.78, 5) is 24.0. The number of benzene rings is 2. The molecule has 2 aliphatic rings. The first kappa shape index (κ1) is 17.5. The van der Waals surface area contributed by atoms with Crippen molar-refractivity contribution in [3.8, 4) is 16.8 Å². The van der Waals surface area contributed by atoms with Crippen molar-refractivity contribution in [1.82, 2.24) is 15.1 Å². The molecule has 7 heteroatoms. The number of aromatic nitrogens is 2. The van der Waals surface area contributed by atoms with E-state index in [1.165, 1.54) is 0 Å². The third-order valence-corrected chi connectivity index (χ3v) is 5.41. The molecule has 1 aliphatic heterocycles. The van der Waals surface area contributed by atoms with Crippen molar-refractivity contribution < 1.29 is 9.59 Å². The summed E-state index contributed by atoms with van der Waals surface area (Å²) in [5, 5.41) is 10.3. The fourth-order valence-electron chi connectivity index (χ4n) is 3.65. The number of nitrogens with two attached hydrogens (primary N) is 1. The maximum atomic E-state index is 12.0. The number of hydrogen-bond acceptors (Lipinski definition) is 4. The van der Waals surface area contributed by atoms with Crippen molar-refractivity contribution in [3.05, 3.63) is 59.8 Å². The van der Waals surface area contributed by atoms with E-state index in [4.69, 9.17) is 5.73 Å². The number of amides is 2. The molecule has 2 amide bonds. The Hall–Kier alpha value is -3.61. The largest absolute Gasteiger partial charge is 0.382 e. The van der Waals surface area contributed by atoms with E-state index in [1.54, 1.807) is 4.68 Å². The second kappa shape index (κ2) is 6.77. The van der Waals surface area contributed by atoms with Crippen LogP contribution in [0.1, 0.15) is 28.8 Å². The fraction of sp³-hybridized carbons (Fsp3) is 0.227. The zero-order valence-electron chi connectivity index (χ0n) is 15.8. The van der Waals surface area contributed by atoms with Gasteiger partial charge in [-0.25, -0.2) is 4.68 Å². The molecule has 1 aliphatic carbocycles. The molecule has 0 saturated heterocycles. The quantitative estimate of drug-likeness (QED) is 0.641. The Morgan fingerprint density at radius 1 is 1.17 bits per heavy atom. The smallest absolute Gasteiger partial charge is 0.251 e. The lowest BCUT2D eigenvalue weighted by Gasteiger charge is -2.17. The van der Waals surface area contributed by atoms with Gasteiger partial charge in [-0.1, -0.05) is 18.2 Å². The van der Waals surface area contributed by atoms with E-state index in [2.05, 4.69) is 15.7 Å². The Balaban J connectivity index is 1.45. The lowest BCUT2D eigenvalue weighted by atomic mass is 9.96. The summed E-state index contributed by atoms with van der Waals surface area (Å²) >= 11 is 0. The number of hydrogen-bond donors (Lipinski definition) is 3. The van der Waals surface area contributed by atoms with E-state index in [1.807, 2.05) is 48.7 Å². The molecule has 29 heavy (non-hydrogen) atoms. The first-order chi connectivity index (χ1) is 14.1. The summed E-state index contributed by atoms with van der Waals surface area (Å²) in [7, 11) is 0. The summed E-state index contributed by atoms with van der Waals surface area (Å²) in [5.41, 5.74) is 11.2. The van der Waals surface area contributed by atoms with Crippen LogP contribution in [0.4, 0.5) is 11.5 Å². The Morgan fingerprint density at radius 3 is 2.86 bits per heavy atom. The van der Waals surface area contributed by atoms with Crippen LogP contribution in [0, 0.1) is 5.92 Å². The first-order valence-electron chi connectivity index (χ1n) is 9.76. The zero-order chi connectivity index (χ0) is 20.0. The normalized spacial score (nSPS) is 15.5. The van der Waals surface area contributed by atoms with Gasteiger partial charge in [-0.3, -0.25) is 9.59 Å². The van der Waals surface area contributed by atoms with Crippen LogP contribution < -0.4 is 16.4 Å². The summed E-state index contributed by atoms with van der Waals surface area (Å²) in [5.74, 6) is 0.599. The summed E-state index contributed by atoms with van der Waals surface area (Å²) in [6.07, 6.45) is 4.60. The molecule has 3 aromatic rings. The number of nitrogens with one attached hydrogen (secondary N) is 2. The molecule has 0 unspecified atom stereocenters. The number of carbonyl (C=O) groups is 2. The Kier molecular flexibility index (Phi) is 4.08. The van der Waals surface area contributed by atoms with Gasteiger partial charge in [0.05, 0.1) is 5.69 Å². The highest BCUT2D eigenvalue weighted by Crippen LogP contribution is 2.31. The van der Waals surface area contributed by atoms with Crippen LogP contribution in [-0.4, -0.2) is 28.1 Å². The van der Waals surface area contributed by atoms with Crippen LogP contribution in [0.3, 0.4) is 0 Å². The summed E-state index contributed by atoms with van der Waals surface area (Å²) in [6, 6.07) is 13.3. The highest BCUT2D eigenvalue weighted by atomic mass is 16.2. The second-order valence-electron chi connectivity index (χ2n) is 7.56. The van der Waals surface area contributed by atoms with Crippen molar-refractivity contribution >= 4 is 23.3 Å². The molecule has 146 valence electrons. The van der Waals surface area contributed by atoms with Gasteiger partial charge in [0.2, 0.25) is 5.91 Å². The maximum Gasteiger partial charge on any atom is 0.251 e. The maximum absolute atomic E-state index is 12.0. The predicted molar refractivity (Wildman–Crippen MR) is 111 cm³/mol. The molecule has 7 nitrogen and oxygen atoms in total. The van der Waals surface area contributed by atoms with Crippen molar-refractivity contribution in [2.45, 2.75) is 19.3 Å². The molecule has 0 spiro atoms. The second-order valence-corrected chi connectivity index (χ2v) is 7.56. The van der Waals surface area contributed by atoms with Crippen LogP contribution >= 0.6 is 0 Å². The molecule has 2 heterocycles. The van der Waals surface area contributed by atoms with Crippen LogP contribution in [0.15, 0.2) is 48.7 Å².